The number of nitrogens with zero attached hydrogens (tertiary/aromatic N) is 3. The lowest BCUT2D eigenvalue weighted by atomic mass is 10.0. The standard InChI is InChI=1S/C13H24N4/c1-4-12-13(10-16(3)15-12)17-8-6-7-11(9-17)14-5-2/h10-11,14H,4-9H2,1-3H3. The average molecular weight is 236 g/mol. The Kier molecular flexibility index (Phi) is 4.05. The van der Waals surface area contributed by atoms with Crippen molar-refractivity contribution in [1.82, 2.24) is 15.1 Å². The van der Waals surface area contributed by atoms with Crippen molar-refractivity contribution >= 4 is 5.69 Å². The fraction of sp³-hybridized carbons (Fsp3) is 0.769. The van der Waals surface area contributed by atoms with Crippen molar-refractivity contribution in [2.45, 2.75) is 39.2 Å². The Morgan fingerprint density at radius 2 is 2.29 bits per heavy atom. The second kappa shape index (κ2) is 5.54. The first-order chi connectivity index (χ1) is 8.24. The minimum atomic E-state index is 0.638. The monoisotopic (exact) mass is 236 g/mol. The van der Waals surface area contributed by atoms with Crippen molar-refractivity contribution in [2.75, 3.05) is 24.5 Å². The Balaban J connectivity index is 2.10. The number of aromatic nitrogens is 2. The summed E-state index contributed by atoms with van der Waals surface area (Å²) < 4.78 is 1.94. The Morgan fingerprint density at radius 3 is 3.00 bits per heavy atom. The minimum absolute atomic E-state index is 0.638. The number of piperidine rings is 1. The van der Waals surface area contributed by atoms with E-state index >= 15 is 0 Å². The molecule has 4 heteroatoms. The smallest absolute Gasteiger partial charge is 0.0855 e. The van der Waals surface area contributed by atoms with Gasteiger partial charge in [0.25, 0.3) is 0 Å². The van der Waals surface area contributed by atoms with Crippen LogP contribution in [0.25, 0.3) is 0 Å². The highest BCUT2D eigenvalue weighted by atomic mass is 15.3. The first-order valence-corrected chi connectivity index (χ1v) is 6.75. The highest BCUT2D eigenvalue weighted by molar-refractivity contribution is 5.50. The molecule has 96 valence electrons. The van der Waals surface area contributed by atoms with E-state index in [0.717, 1.165) is 19.5 Å². The number of hydrogen-bond donors (Lipinski definition) is 1. The fourth-order valence-electron chi connectivity index (χ4n) is 2.69. The second-order valence-corrected chi connectivity index (χ2v) is 4.83. The average Bonchev–Trinajstić information content (AvgIpc) is 2.71. The molecule has 0 aromatic carbocycles. The summed E-state index contributed by atoms with van der Waals surface area (Å²) in [6, 6.07) is 0.638. The molecular formula is C13H24N4. The summed E-state index contributed by atoms with van der Waals surface area (Å²) in [5.74, 6) is 0. The van der Waals surface area contributed by atoms with E-state index in [0.29, 0.717) is 6.04 Å². The molecule has 1 unspecified atom stereocenters. The van der Waals surface area contributed by atoms with Gasteiger partial charge in [0.15, 0.2) is 0 Å². The molecule has 0 spiro atoms. The summed E-state index contributed by atoms with van der Waals surface area (Å²) in [6.45, 7) is 7.71. The molecule has 1 aliphatic heterocycles. The van der Waals surface area contributed by atoms with Gasteiger partial charge in [0.2, 0.25) is 0 Å². The molecular weight excluding hydrogens is 212 g/mol. The number of rotatable bonds is 4. The third-order valence-electron chi connectivity index (χ3n) is 3.47. The predicted octanol–water partition coefficient (Wildman–Crippen LogP) is 1.56. The van der Waals surface area contributed by atoms with Crippen LogP contribution in [-0.2, 0) is 13.5 Å². The van der Waals surface area contributed by atoms with Crippen LogP contribution in [0.2, 0.25) is 0 Å². The van der Waals surface area contributed by atoms with Gasteiger partial charge < -0.3 is 10.2 Å². The quantitative estimate of drug-likeness (QED) is 0.861. The number of aryl methyl sites for hydroxylation is 2. The van der Waals surface area contributed by atoms with Crippen LogP contribution in [0, 0.1) is 0 Å². The van der Waals surface area contributed by atoms with Gasteiger partial charge in [0.1, 0.15) is 0 Å². The van der Waals surface area contributed by atoms with Crippen molar-refractivity contribution in [3.63, 3.8) is 0 Å². The van der Waals surface area contributed by atoms with Crippen LogP contribution in [-0.4, -0.2) is 35.5 Å². The van der Waals surface area contributed by atoms with E-state index in [1.165, 1.54) is 30.8 Å². The molecule has 1 atom stereocenters. The van der Waals surface area contributed by atoms with E-state index in [1.54, 1.807) is 0 Å². The molecule has 0 saturated carbocycles. The van der Waals surface area contributed by atoms with Gasteiger partial charge in [-0.15, -0.1) is 0 Å². The Hall–Kier alpha value is -1.03. The van der Waals surface area contributed by atoms with Gasteiger partial charge in [-0.2, -0.15) is 5.10 Å². The lowest BCUT2D eigenvalue weighted by molar-refractivity contribution is 0.431. The van der Waals surface area contributed by atoms with Gasteiger partial charge in [-0.1, -0.05) is 13.8 Å². The number of nitrogens with one attached hydrogen (secondary N) is 1. The van der Waals surface area contributed by atoms with Crippen LogP contribution in [0.1, 0.15) is 32.4 Å². The van der Waals surface area contributed by atoms with E-state index in [4.69, 9.17) is 0 Å². The Morgan fingerprint density at radius 1 is 1.47 bits per heavy atom. The number of anilines is 1. The van der Waals surface area contributed by atoms with Crippen LogP contribution in [0.4, 0.5) is 5.69 Å². The molecule has 0 aliphatic carbocycles. The molecule has 0 bridgehead atoms. The summed E-state index contributed by atoms with van der Waals surface area (Å²) in [5, 5.41) is 8.09. The minimum Gasteiger partial charge on any atom is -0.367 e. The molecule has 0 radical (unpaired) electrons. The first kappa shape index (κ1) is 12.4. The highest BCUT2D eigenvalue weighted by Gasteiger charge is 2.22. The molecule has 0 amide bonds. The molecule has 17 heavy (non-hydrogen) atoms. The predicted molar refractivity (Wildman–Crippen MR) is 71.5 cm³/mol. The second-order valence-electron chi connectivity index (χ2n) is 4.83. The molecule has 2 heterocycles. The summed E-state index contributed by atoms with van der Waals surface area (Å²) in [6.07, 6.45) is 5.74. The molecule has 1 aromatic heterocycles. The van der Waals surface area contributed by atoms with Crippen molar-refractivity contribution < 1.29 is 0 Å². The lowest BCUT2D eigenvalue weighted by Gasteiger charge is -2.34. The normalized spacial score (nSPS) is 20.9. The fourth-order valence-corrected chi connectivity index (χ4v) is 2.69. The maximum atomic E-state index is 4.53. The van der Waals surface area contributed by atoms with Crippen molar-refractivity contribution in [2.24, 2.45) is 7.05 Å². The first-order valence-electron chi connectivity index (χ1n) is 6.75. The van der Waals surface area contributed by atoms with E-state index < -0.39 is 0 Å². The molecule has 1 aliphatic rings. The Labute approximate surface area is 104 Å². The van der Waals surface area contributed by atoms with Crippen LogP contribution in [0.5, 0.6) is 0 Å². The van der Waals surface area contributed by atoms with Crippen LogP contribution >= 0.6 is 0 Å². The van der Waals surface area contributed by atoms with Gasteiger partial charge in [0.05, 0.1) is 11.4 Å². The van der Waals surface area contributed by atoms with E-state index in [9.17, 15) is 0 Å². The van der Waals surface area contributed by atoms with Gasteiger partial charge in [0, 0.05) is 32.4 Å². The van der Waals surface area contributed by atoms with E-state index in [2.05, 4.69) is 35.4 Å². The summed E-state index contributed by atoms with van der Waals surface area (Å²) in [7, 11) is 2.01. The number of likely N-dealkylation sites (N-methyl/N-ethyl adjacent to an activating group) is 1. The van der Waals surface area contributed by atoms with Crippen molar-refractivity contribution in [1.29, 1.82) is 0 Å². The SMILES string of the molecule is CCNC1CCCN(c2cn(C)nc2CC)C1. The van der Waals surface area contributed by atoms with Crippen LogP contribution in [0.3, 0.4) is 0 Å². The van der Waals surface area contributed by atoms with E-state index in [1.807, 2.05) is 11.7 Å². The molecule has 1 fully saturated rings. The Bertz CT molecular complexity index is 356. The third kappa shape index (κ3) is 2.80. The van der Waals surface area contributed by atoms with Gasteiger partial charge in [-0.05, 0) is 25.8 Å². The molecule has 1 aromatic rings. The zero-order valence-electron chi connectivity index (χ0n) is 11.2. The highest BCUT2D eigenvalue weighted by Crippen LogP contribution is 2.23. The molecule has 4 nitrogen and oxygen atoms in total. The van der Waals surface area contributed by atoms with Crippen LogP contribution in [0.15, 0.2) is 6.20 Å². The van der Waals surface area contributed by atoms with Crippen molar-refractivity contribution in [3.8, 4) is 0 Å². The molecule has 1 saturated heterocycles. The maximum absolute atomic E-state index is 4.53. The van der Waals surface area contributed by atoms with Gasteiger partial charge >= 0.3 is 0 Å². The van der Waals surface area contributed by atoms with Crippen LogP contribution < -0.4 is 10.2 Å². The molecule has 2 rings (SSSR count). The summed E-state index contributed by atoms with van der Waals surface area (Å²) >= 11 is 0. The zero-order valence-corrected chi connectivity index (χ0v) is 11.2. The third-order valence-corrected chi connectivity index (χ3v) is 3.47. The largest absolute Gasteiger partial charge is 0.367 e. The lowest BCUT2D eigenvalue weighted by Crippen LogP contribution is -2.45. The molecule has 1 N–H and O–H groups in total. The maximum Gasteiger partial charge on any atom is 0.0855 e. The summed E-state index contributed by atoms with van der Waals surface area (Å²) in [4.78, 5) is 2.49. The topological polar surface area (TPSA) is 33.1 Å². The number of hydrogen-bond acceptors (Lipinski definition) is 3. The van der Waals surface area contributed by atoms with E-state index in [-0.39, 0.29) is 0 Å². The van der Waals surface area contributed by atoms with Gasteiger partial charge in [-0.25, -0.2) is 0 Å². The zero-order chi connectivity index (χ0) is 12.3. The summed E-state index contributed by atoms with van der Waals surface area (Å²) in [5.41, 5.74) is 2.56. The van der Waals surface area contributed by atoms with Gasteiger partial charge in [-0.3, -0.25) is 4.68 Å². The van der Waals surface area contributed by atoms with Crippen molar-refractivity contribution in [3.05, 3.63) is 11.9 Å².